The van der Waals surface area contributed by atoms with Crippen molar-refractivity contribution in [2.75, 3.05) is 165 Å². The summed E-state index contributed by atoms with van der Waals surface area (Å²) >= 11 is 0. The van der Waals surface area contributed by atoms with Crippen LogP contribution in [0.25, 0.3) is 0 Å². The third-order valence-corrected chi connectivity index (χ3v) is 5.03. The van der Waals surface area contributed by atoms with E-state index in [-0.39, 0.29) is 6.42 Å². The van der Waals surface area contributed by atoms with Crippen LogP contribution < -0.4 is 5.73 Å². The molecule has 0 rings (SSSR count). The van der Waals surface area contributed by atoms with E-state index in [0.29, 0.717) is 172 Å². The lowest BCUT2D eigenvalue weighted by Crippen LogP contribution is -2.15. The fourth-order valence-electron chi connectivity index (χ4n) is 2.93. The highest BCUT2D eigenvalue weighted by Gasteiger charge is 1.98. The van der Waals surface area contributed by atoms with Crippen molar-refractivity contribution in [2.24, 2.45) is 5.73 Å². The topological polar surface area (TPSA) is 174 Å². The first kappa shape index (κ1) is 42.0. The second kappa shape index (κ2) is 39.0. The Morgan fingerprint density at radius 1 is 0.349 bits per heavy atom. The van der Waals surface area contributed by atoms with Gasteiger partial charge in [0.15, 0.2) is 0 Å². The minimum absolute atomic E-state index is 0.120. The Morgan fingerprint density at radius 3 is 0.721 bits per heavy atom. The number of ether oxygens (including phenoxy) is 12. The normalized spacial score (nSPS) is 11.5. The third-order valence-electron chi connectivity index (χ3n) is 5.03. The minimum atomic E-state index is -0.812. The van der Waals surface area contributed by atoms with Gasteiger partial charge >= 0.3 is 5.97 Å². The Bertz CT molecular complexity index is 536. The predicted octanol–water partition coefficient (Wildman–Crippen LogP) is 0.00910. The number of hydrogen-bond donors (Lipinski definition) is 2. The first-order valence-corrected chi connectivity index (χ1v) is 15.1. The van der Waals surface area contributed by atoms with Crippen LogP contribution >= 0.6 is 0 Å². The van der Waals surface area contributed by atoms with Crippen molar-refractivity contribution in [2.45, 2.75) is 12.8 Å². The molecule has 0 unspecified atom stereocenters. The van der Waals surface area contributed by atoms with Gasteiger partial charge in [-0.05, 0) is 6.42 Å². The zero-order valence-electron chi connectivity index (χ0n) is 25.9. The Hall–Kier alpha value is -1.05. The van der Waals surface area contributed by atoms with E-state index in [1.165, 1.54) is 0 Å². The van der Waals surface area contributed by atoms with Crippen molar-refractivity contribution >= 4 is 5.97 Å². The molecule has 0 radical (unpaired) electrons. The maximum absolute atomic E-state index is 10.4. The number of rotatable bonds is 39. The molecule has 0 spiro atoms. The Balaban J connectivity index is 3.03. The molecule has 0 amide bonds. The first-order chi connectivity index (χ1) is 21.3. The van der Waals surface area contributed by atoms with Crippen molar-refractivity contribution < 1.29 is 66.7 Å². The summed E-state index contributed by atoms with van der Waals surface area (Å²) in [6.45, 7) is 12.5. The molecule has 0 atom stereocenters. The van der Waals surface area contributed by atoms with Gasteiger partial charge in [0.25, 0.3) is 0 Å². The Kier molecular flexibility index (Phi) is 38.0. The van der Waals surface area contributed by atoms with Gasteiger partial charge in [0, 0.05) is 19.6 Å². The van der Waals surface area contributed by atoms with Gasteiger partial charge in [-0.2, -0.15) is 0 Å². The van der Waals surface area contributed by atoms with Crippen LogP contribution in [0, 0.1) is 0 Å². The van der Waals surface area contributed by atoms with E-state index in [9.17, 15) is 4.79 Å². The molecule has 0 aliphatic heterocycles. The van der Waals surface area contributed by atoms with Crippen LogP contribution in [0.2, 0.25) is 0 Å². The van der Waals surface area contributed by atoms with Crippen LogP contribution in [-0.2, 0) is 61.6 Å². The summed E-state index contributed by atoms with van der Waals surface area (Å²) in [6, 6.07) is 0. The van der Waals surface area contributed by atoms with E-state index in [2.05, 4.69) is 0 Å². The standard InChI is InChI=1S/C28H57NO14/c29-3-5-33-7-9-35-11-13-37-15-17-39-19-21-41-23-25-43-27-26-42-24-22-40-20-18-38-16-14-36-12-10-34-8-6-32-4-1-2-28(30)31/h1-27,29H2,(H,30,31). The molecule has 43 heavy (non-hydrogen) atoms. The van der Waals surface area contributed by atoms with E-state index in [1.54, 1.807) is 0 Å². The number of nitrogens with two attached hydrogens (primary N) is 1. The van der Waals surface area contributed by atoms with Crippen molar-refractivity contribution in [3.8, 4) is 0 Å². The molecule has 0 fully saturated rings. The van der Waals surface area contributed by atoms with Gasteiger partial charge in [-0.25, -0.2) is 0 Å². The van der Waals surface area contributed by atoms with Crippen molar-refractivity contribution in [3.63, 3.8) is 0 Å². The summed E-state index contributed by atoms with van der Waals surface area (Å²) in [5.74, 6) is -0.812. The van der Waals surface area contributed by atoms with Crippen LogP contribution in [0.15, 0.2) is 0 Å². The molecule has 0 aromatic rings. The number of carboxylic acids is 1. The molecular formula is C28H57NO14. The summed E-state index contributed by atoms with van der Waals surface area (Å²) in [5, 5.41) is 8.52. The SMILES string of the molecule is NCCOCCOCCOCCOCCOCCOCCOCCOCCOCCOCCOCCOCCCC(=O)O. The number of hydrogen-bond acceptors (Lipinski definition) is 14. The summed E-state index contributed by atoms with van der Waals surface area (Å²) in [7, 11) is 0. The molecule has 15 heteroatoms. The highest BCUT2D eigenvalue weighted by Crippen LogP contribution is 1.91. The molecule has 3 N–H and O–H groups in total. The molecule has 0 aromatic carbocycles. The predicted molar refractivity (Wildman–Crippen MR) is 156 cm³/mol. The van der Waals surface area contributed by atoms with Crippen molar-refractivity contribution in [1.82, 2.24) is 0 Å². The van der Waals surface area contributed by atoms with Crippen molar-refractivity contribution in [3.05, 3.63) is 0 Å². The zero-order chi connectivity index (χ0) is 31.2. The monoisotopic (exact) mass is 631 g/mol. The lowest BCUT2D eigenvalue weighted by atomic mass is 10.3. The molecular weight excluding hydrogens is 574 g/mol. The third kappa shape index (κ3) is 41.0. The van der Waals surface area contributed by atoms with Gasteiger partial charge < -0.3 is 67.7 Å². The molecule has 0 saturated carbocycles. The number of carbonyl (C=O) groups is 1. The summed E-state index contributed by atoms with van der Waals surface area (Å²) in [6.07, 6.45) is 0.627. The van der Waals surface area contributed by atoms with E-state index in [0.717, 1.165) is 0 Å². The second-order valence-corrected chi connectivity index (χ2v) is 8.63. The summed E-state index contributed by atoms with van der Waals surface area (Å²) < 4.78 is 64.7. The molecule has 0 aliphatic carbocycles. The van der Waals surface area contributed by atoms with Gasteiger partial charge in [0.2, 0.25) is 0 Å². The molecule has 0 bridgehead atoms. The van der Waals surface area contributed by atoms with Crippen LogP contribution in [0.3, 0.4) is 0 Å². The molecule has 0 heterocycles. The molecule has 258 valence electrons. The highest BCUT2D eigenvalue weighted by molar-refractivity contribution is 5.66. The minimum Gasteiger partial charge on any atom is -0.481 e. The van der Waals surface area contributed by atoms with E-state index in [4.69, 9.17) is 67.7 Å². The summed E-state index contributed by atoms with van der Waals surface area (Å²) in [5.41, 5.74) is 5.32. The number of aliphatic carboxylic acids is 1. The average molecular weight is 632 g/mol. The molecule has 15 nitrogen and oxygen atoms in total. The quantitative estimate of drug-likeness (QED) is 0.0868. The maximum atomic E-state index is 10.4. The van der Waals surface area contributed by atoms with Crippen LogP contribution in [0.4, 0.5) is 0 Å². The van der Waals surface area contributed by atoms with Crippen LogP contribution in [0.5, 0.6) is 0 Å². The highest BCUT2D eigenvalue weighted by atomic mass is 16.6. The van der Waals surface area contributed by atoms with E-state index < -0.39 is 5.97 Å². The Morgan fingerprint density at radius 2 is 0.535 bits per heavy atom. The van der Waals surface area contributed by atoms with Gasteiger partial charge in [-0.1, -0.05) is 0 Å². The largest absolute Gasteiger partial charge is 0.481 e. The van der Waals surface area contributed by atoms with Crippen LogP contribution in [-0.4, -0.2) is 176 Å². The average Bonchev–Trinajstić information content (AvgIpc) is 3.00. The van der Waals surface area contributed by atoms with Gasteiger partial charge in [-0.3, -0.25) is 4.79 Å². The first-order valence-electron chi connectivity index (χ1n) is 15.1. The molecule has 0 aromatic heterocycles. The second-order valence-electron chi connectivity index (χ2n) is 8.63. The smallest absolute Gasteiger partial charge is 0.303 e. The maximum Gasteiger partial charge on any atom is 0.303 e. The van der Waals surface area contributed by atoms with Gasteiger partial charge in [0.05, 0.1) is 152 Å². The fraction of sp³-hybridized carbons (Fsp3) is 0.964. The van der Waals surface area contributed by atoms with Gasteiger partial charge in [0.1, 0.15) is 0 Å². The van der Waals surface area contributed by atoms with E-state index >= 15 is 0 Å². The van der Waals surface area contributed by atoms with E-state index in [1.807, 2.05) is 0 Å². The number of carboxylic acid groups (broad SMARTS) is 1. The lowest BCUT2D eigenvalue weighted by molar-refractivity contribution is -0.137. The van der Waals surface area contributed by atoms with Gasteiger partial charge in [-0.15, -0.1) is 0 Å². The van der Waals surface area contributed by atoms with Crippen molar-refractivity contribution in [1.29, 1.82) is 0 Å². The molecule has 0 saturated heterocycles. The summed E-state index contributed by atoms with van der Waals surface area (Å²) in [4.78, 5) is 10.4. The van der Waals surface area contributed by atoms with Crippen LogP contribution in [0.1, 0.15) is 12.8 Å². The lowest BCUT2D eigenvalue weighted by Gasteiger charge is -2.09. The fourth-order valence-corrected chi connectivity index (χ4v) is 2.93. The molecule has 0 aliphatic rings. The zero-order valence-corrected chi connectivity index (χ0v) is 25.9. The Labute approximate surface area is 256 Å².